The number of carbonyl (C=O) groups excluding carboxylic acids is 1. The molecule has 0 heterocycles. The summed E-state index contributed by atoms with van der Waals surface area (Å²) in [5, 5.41) is 9.62. The molecule has 1 atom stereocenters. The van der Waals surface area contributed by atoms with Gasteiger partial charge in [0.15, 0.2) is 0 Å². The number of aliphatic hydroxyl groups is 1. The van der Waals surface area contributed by atoms with Crippen LogP contribution in [-0.2, 0) is 14.3 Å². The van der Waals surface area contributed by atoms with E-state index in [2.05, 4.69) is 38.2 Å². The Morgan fingerprint density at radius 1 is 0.462 bits per heavy atom. The maximum absolute atomic E-state index is 12.2. The maximum atomic E-state index is 12.2. The highest BCUT2D eigenvalue weighted by molar-refractivity contribution is 5.69. The molecule has 0 aliphatic heterocycles. The Balaban J connectivity index is 3.38. The summed E-state index contributed by atoms with van der Waals surface area (Å²) in [6.45, 7) is 5.36. The third-order valence-electron chi connectivity index (χ3n) is 10.5. The minimum absolute atomic E-state index is 0.169. The summed E-state index contributed by atoms with van der Waals surface area (Å²) < 4.78 is 11.2. The molecule has 0 bridgehead atoms. The molecule has 0 fully saturated rings. The summed E-state index contributed by atoms with van der Waals surface area (Å²) in [5.74, 6) is -0.200. The van der Waals surface area contributed by atoms with Crippen LogP contribution in [-0.4, -0.2) is 37.0 Å². The third kappa shape index (κ3) is 43.3. The van der Waals surface area contributed by atoms with Gasteiger partial charge in [-0.25, -0.2) is 0 Å². The van der Waals surface area contributed by atoms with Crippen LogP contribution >= 0.6 is 0 Å². The number of aliphatic hydroxyl groups excluding tert-OH is 1. The van der Waals surface area contributed by atoms with Gasteiger partial charge < -0.3 is 14.6 Å². The Morgan fingerprint density at radius 2 is 0.808 bits per heavy atom. The van der Waals surface area contributed by atoms with Crippen LogP contribution in [0.3, 0.4) is 0 Å². The lowest BCUT2D eigenvalue weighted by molar-refractivity contribution is -0.154. The van der Waals surface area contributed by atoms with Gasteiger partial charge >= 0.3 is 5.97 Å². The van der Waals surface area contributed by atoms with Gasteiger partial charge in [0.2, 0.25) is 0 Å². The molecule has 0 radical (unpaired) electrons. The average Bonchev–Trinajstić information content (AvgIpc) is 3.15. The van der Waals surface area contributed by atoms with Crippen LogP contribution in [0.15, 0.2) is 24.3 Å². The molecule has 0 amide bonds. The number of ether oxygens (including phenoxy) is 2. The van der Waals surface area contributed by atoms with Gasteiger partial charge in [0, 0.05) is 13.0 Å². The third-order valence-corrected chi connectivity index (χ3v) is 10.5. The molecule has 0 saturated heterocycles. The van der Waals surface area contributed by atoms with E-state index < -0.39 is 6.10 Å². The van der Waals surface area contributed by atoms with Crippen molar-refractivity contribution in [2.75, 3.05) is 19.8 Å². The maximum Gasteiger partial charge on any atom is 0.306 e. The molecule has 4 nitrogen and oxygen atoms in total. The highest BCUT2D eigenvalue weighted by Crippen LogP contribution is 2.16. The van der Waals surface area contributed by atoms with Crippen molar-refractivity contribution < 1.29 is 19.4 Å². The number of carbonyl (C=O) groups is 1. The number of unbranched alkanes of at least 4 members (excludes halogenated alkanes) is 32. The van der Waals surface area contributed by atoms with Crippen molar-refractivity contribution in [2.24, 2.45) is 0 Å². The number of hydrogen-bond donors (Lipinski definition) is 1. The SMILES string of the molecule is CCCCC/C=C\C/C=C\CCCCCCCCCCCC(=O)OC(CO)COCCCCCCCCCCCCCCCCCCCCCCC. The fraction of sp³-hybridized carbons (Fsp3) is 0.896. The number of allylic oxidation sites excluding steroid dienone is 4. The van der Waals surface area contributed by atoms with Gasteiger partial charge in [-0.3, -0.25) is 4.79 Å². The first-order valence-corrected chi connectivity index (χ1v) is 23.4. The first kappa shape index (κ1) is 50.9. The van der Waals surface area contributed by atoms with Crippen molar-refractivity contribution in [3.05, 3.63) is 24.3 Å². The van der Waals surface area contributed by atoms with E-state index in [1.165, 1.54) is 205 Å². The van der Waals surface area contributed by atoms with E-state index >= 15 is 0 Å². The first-order valence-electron chi connectivity index (χ1n) is 23.4. The Labute approximate surface area is 326 Å². The summed E-state index contributed by atoms with van der Waals surface area (Å²) in [4.78, 5) is 12.2. The predicted molar refractivity (Wildman–Crippen MR) is 228 cm³/mol. The van der Waals surface area contributed by atoms with Gasteiger partial charge in [0.1, 0.15) is 6.10 Å². The number of esters is 1. The van der Waals surface area contributed by atoms with Gasteiger partial charge in [-0.2, -0.15) is 0 Å². The molecule has 0 rings (SSSR count). The van der Waals surface area contributed by atoms with Crippen molar-refractivity contribution in [2.45, 2.75) is 258 Å². The normalized spacial score (nSPS) is 12.4. The van der Waals surface area contributed by atoms with Crippen LogP contribution < -0.4 is 0 Å². The Kier molecular flexibility index (Phi) is 45.0. The van der Waals surface area contributed by atoms with E-state index in [0.29, 0.717) is 19.6 Å². The predicted octanol–water partition coefficient (Wildman–Crippen LogP) is 15.5. The van der Waals surface area contributed by atoms with Crippen LogP contribution in [0, 0.1) is 0 Å². The molecular formula is C48H92O4. The molecule has 0 aromatic carbocycles. The summed E-state index contributed by atoms with van der Waals surface area (Å²) >= 11 is 0. The van der Waals surface area contributed by atoms with Crippen molar-refractivity contribution >= 4 is 5.97 Å². The quantitative estimate of drug-likeness (QED) is 0.0385. The summed E-state index contributed by atoms with van der Waals surface area (Å²) in [6.07, 6.45) is 56.8. The Bertz CT molecular complexity index is 732. The van der Waals surface area contributed by atoms with E-state index in [-0.39, 0.29) is 12.6 Å². The minimum Gasteiger partial charge on any atom is -0.457 e. The lowest BCUT2D eigenvalue weighted by Crippen LogP contribution is -2.27. The molecule has 1 N–H and O–H groups in total. The fourth-order valence-electron chi connectivity index (χ4n) is 7.01. The molecular weight excluding hydrogens is 641 g/mol. The molecule has 4 heteroatoms. The highest BCUT2D eigenvalue weighted by atomic mass is 16.6. The van der Waals surface area contributed by atoms with Gasteiger partial charge in [-0.1, -0.05) is 224 Å². The van der Waals surface area contributed by atoms with Crippen molar-refractivity contribution in [3.8, 4) is 0 Å². The fourth-order valence-corrected chi connectivity index (χ4v) is 7.01. The van der Waals surface area contributed by atoms with Crippen molar-refractivity contribution in [1.29, 1.82) is 0 Å². The van der Waals surface area contributed by atoms with Crippen LogP contribution in [0.1, 0.15) is 251 Å². The van der Waals surface area contributed by atoms with Crippen molar-refractivity contribution in [1.82, 2.24) is 0 Å². The molecule has 0 aromatic heterocycles. The lowest BCUT2D eigenvalue weighted by Gasteiger charge is -2.16. The van der Waals surface area contributed by atoms with Crippen molar-refractivity contribution in [3.63, 3.8) is 0 Å². The number of hydrogen-bond acceptors (Lipinski definition) is 4. The van der Waals surface area contributed by atoms with E-state index in [9.17, 15) is 9.90 Å². The molecule has 0 aliphatic carbocycles. The minimum atomic E-state index is -0.532. The van der Waals surface area contributed by atoms with Crippen LogP contribution in [0.4, 0.5) is 0 Å². The molecule has 308 valence electrons. The monoisotopic (exact) mass is 733 g/mol. The summed E-state index contributed by atoms with van der Waals surface area (Å²) in [5.41, 5.74) is 0. The first-order chi connectivity index (χ1) is 25.7. The van der Waals surface area contributed by atoms with Crippen LogP contribution in [0.25, 0.3) is 0 Å². The Morgan fingerprint density at radius 3 is 1.23 bits per heavy atom. The van der Waals surface area contributed by atoms with Gasteiger partial charge in [-0.15, -0.1) is 0 Å². The number of rotatable bonds is 44. The second kappa shape index (κ2) is 46.0. The van der Waals surface area contributed by atoms with E-state index in [1.54, 1.807) is 0 Å². The molecule has 0 aromatic rings. The largest absolute Gasteiger partial charge is 0.457 e. The smallest absolute Gasteiger partial charge is 0.306 e. The zero-order valence-electron chi connectivity index (χ0n) is 35.3. The summed E-state index contributed by atoms with van der Waals surface area (Å²) in [6, 6.07) is 0. The molecule has 0 saturated carbocycles. The van der Waals surface area contributed by atoms with Gasteiger partial charge in [0.05, 0.1) is 13.2 Å². The van der Waals surface area contributed by atoms with Gasteiger partial charge in [-0.05, 0) is 44.9 Å². The zero-order chi connectivity index (χ0) is 37.7. The second-order valence-electron chi connectivity index (χ2n) is 15.8. The van der Waals surface area contributed by atoms with Crippen LogP contribution in [0.5, 0.6) is 0 Å². The molecule has 0 aliphatic rings. The molecule has 1 unspecified atom stereocenters. The average molecular weight is 733 g/mol. The molecule has 0 spiro atoms. The van der Waals surface area contributed by atoms with Crippen LogP contribution in [0.2, 0.25) is 0 Å². The lowest BCUT2D eigenvalue weighted by atomic mass is 10.0. The zero-order valence-corrected chi connectivity index (χ0v) is 35.3. The second-order valence-corrected chi connectivity index (χ2v) is 15.8. The Hall–Kier alpha value is -1.13. The highest BCUT2D eigenvalue weighted by Gasteiger charge is 2.13. The van der Waals surface area contributed by atoms with E-state index in [1.807, 2.05) is 0 Å². The molecule has 52 heavy (non-hydrogen) atoms. The summed E-state index contributed by atoms with van der Waals surface area (Å²) in [7, 11) is 0. The van der Waals surface area contributed by atoms with Gasteiger partial charge in [0.25, 0.3) is 0 Å². The van der Waals surface area contributed by atoms with E-state index in [4.69, 9.17) is 9.47 Å². The topological polar surface area (TPSA) is 55.8 Å². The van der Waals surface area contributed by atoms with E-state index in [0.717, 1.165) is 25.7 Å². The standard InChI is InChI=1S/C48H92O4/c1-3-5-7-9-11-13-15-17-19-21-23-24-26-28-30-32-34-36-38-40-42-44-51-46-47(45-49)52-48(50)43-41-39-37-35-33-31-29-27-25-22-20-18-16-14-12-10-8-6-4-2/h12,14,18,20,47,49H,3-11,13,15-17,19,21-46H2,1-2H3/b14-12-,20-18-.